The standard InChI is InChI=1S/C14H23NO2/c1-11(14(2,3)17)15-13-8-4-6-12(10-13)7-5-9-16/h4,6,8,10-11,15-17H,5,7,9H2,1-3H3. The molecule has 1 rings (SSSR count). The fourth-order valence-electron chi connectivity index (χ4n) is 1.53. The van der Waals surface area contributed by atoms with Crippen molar-refractivity contribution in [2.24, 2.45) is 0 Å². The van der Waals surface area contributed by atoms with E-state index in [0.29, 0.717) is 0 Å². The summed E-state index contributed by atoms with van der Waals surface area (Å²) in [5.41, 5.74) is 1.46. The van der Waals surface area contributed by atoms with Gasteiger partial charge in [0.1, 0.15) is 0 Å². The molecule has 1 aromatic rings. The smallest absolute Gasteiger partial charge is 0.0789 e. The molecule has 1 atom stereocenters. The zero-order chi connectivity index (χ0) is 12.9. The van der Waals surface area contributed by atoms with E-state index in [1.165, 1.54) is 5.56 Å². The van der Waals surface area contributed by atoms with Crippen LogP contribution in [0.2, 0.25) is 0 Å². The van der Waals surface area contributed by atoms with E-state index >= 15 is 0 Å². The van der Waals surface area contributed by atoms with Crippen molar-refractivity contribution in [1.29, 1.82) is 0 Å². The molecule has 0 amide bonds. The van der Waals surface area contributed by atoms with Crippen molar-refractivity contribution < 1.29 is 10.2 Å². The van der Waals surface area contributed by atoms with E-state index < -0.39 is 5.60 Å². The van der Waals surface area contributed by atoms with Gasteiger partial charge in [-0.25, -0.2) is 0 Å². The van der Waals surface area contributed by atoms with Crippen LogP contribution in [0.4, 0.5) is 5.69 Å². The van der Waals surface area contributed by atoms with Gasteiger partial charge in [0.2, 0.25) is 0 Å². The Labute approximate surface area is 103 Å². The number of nitrogens with one attached hydrogen (secondary N) is 1. The summed E-state index contributed by atoms with van der Waals surface area (Å²) in [6.07, 6.45) is 1.66. The SMILES string of the molecule is CC(Nc1cccc(CCCO)c1)C(C)(C)O. The lowest BCUT2D eigenvalue weighted by Crippen LogP contribution is -2.39. The van der Waals surface area contributed by atoms with E-state index in [-0.39, 0.29) is 12.6 Å². The van der Waals surface area contributed by atoms with Crippen molar-refractivity contribution >= 4 is 5.69 Å². The van der Waals surface area contributed by atoms with Crippen LogP contribution in [0, 0.1) is 0 Å². The van der Waals surface area contributed by atoms with Crippen LogP contribution in [0.1, 0.15) is 32.8 Å². The van der Waals surface area contributed by atoms with Crippen molar-refractivity contribution in [3.05, 3.63) is 29.8 Å². The molecule has 0 saturated carbocycles. The summed E-state index contributed by atoms with van der Waals surface area (Å²) in [5, 5.41) is 21.9. The van der Waals surface area contributed by atoms with Gasteiger partial charge >= 0.3 is 0 Å². The van der Waals surface area contributed by atoms with Crippen LogP contribution in [-0.4, -0.2) is 28.5 Å². The first-order valence-corrected chi connectivity index (χ1v) is 6.12. The second-order valence-corrected chi connectivity index (χ2v) is 5.05. The lowest BCUT2D eigenvalue weighted by atomic mass is 10.0. The third-order valence-electron chi connectivity index (χ3n) is 2.99. The first-order chi connectivity index (χ1) is 7.93. The Morgan fingerprint density at radius 2 is 2.06 bits per heavy atom. The third kappa shape index (κ3) is 4.75. The van der Waals surface area contributed by atoms with E-state index in [9.17, 15) is 5.11 Å². The number of aliphatic hydroxyl groups excluding tert-OH is 1. The zero-order valence-corrected chi connectivity index (χ0v) is 10.9. The molecule has 3 heteroatoms. The molecule has 1 unspecified atom stereocenters. The van der Waals surface area contributed by atoms with Gasteiger partial charge in [-0.15, -0.1) is 0 Å². The van der Waals surface area contributed by atoms with Crippen LogP contribution >= 0.6 is 0 Å². The molecule has 3 nitrogen and oxygen atoms in total. The van der Waals surface area contributed by atoms with Gasteiger partial charge in [-0.2, -0.15) is 0 Å². The number of hydrogen-bond donors (Lipinski definition) is 3. The largest absolute Gasteiger partial charge is 0.396 e. The maximum Gasteiger partial charge on any atom is 0.0789 e. The van der Waals surface area contributed by atoms with Crippen LogP contribution < -0.4 is 5.32 Å². The van der Waals surface area contributed by atoms with E-state index in [4.69, 9.17) is 5.11 Å². The van der Waals surface area contributed by atoms with Crippen LogP contribution in [0.5, 0.6) is 0 Å². The molecule has 0 saturated heterocycles. The average Bonchev–Trinajstić information content (AvgIpc) is 2.25. The Balaban J connectivity index is 2.65. The zero-order valence-electron chi connectivity index (χ0n) is 10.9. The van der Waals surface area contributed by atoms with E-state index in [1.54, 1.807) is 13.8 Å². The van der Waals surface area contributed by atoms with Gasteiger partial charge in [0.25, 0.3) is 0 Å². The highest BCUT2D eigenvalue weighted by Crippen LogP contribution is 2.17. The Hall–Kier alpha value is -1.06. The Bertz CT molecular complexity index is 344. The Morgan fingerprint density at radius 1 is 1.35 bits per heavy atom. The second kappa shape index (κ2) is 6.03. The number of aliphatic hydroxyl groups is 2. The molecule has 0 aliphatic rings. The van der Waals surface area contributed by atoms with Gasteiger partial charge in [0.15, 0.2) is 0 Å². The summed E-state index contributed by atoms with van der Waals surface area (Å²) in [6.45, 7) is 5.76. The second-order valence-electron chi connectivity index (χ2n) is 5.05. The summed E-state index contributed by atoms with van der Waals surface area (Å²) in [5.74, 6) is 0. The third-order valence-corrected chi connectivity index (χ3v) is 2.99. The lowest BCUT2D eigenvalue weighted by molar-refractivity contribution is 0.0649. The van der Waals surface area contributed by atoms with Gasteiger partial charge < -0.3 is 15.5 Å². The van der Waals surface area contributed by atoms with Crippen molar-refractivity contribution in [3.8, 4) is 0 Å². The molecule has 1 aromatic carbocycles. The molecule has 17 heavy (non-hydrogen) atoms. The van der Waals surface area contributed by atoms with E-state index in [1.807, 2.05) is 19.1 Å². The Morgan fingerprint density at radius 3 is 2.65 bits per heavy atom. The van der Waals surface area contributed by atoms with Crippen molar-refractivity contribution in [3.63, 3.8) is 0 Å². The highest BCUT2D eigenvalue weighted by molar-refractivity contribution is 5.46. The van der Waals surface area contributed by atoms with Crippen LogP contribution in [-0.2, 0) is 6.42 Å². The molecule has 0 aliphatic heterocycles. The topological polar surface area (TPSA) is 52.5 Å². The Kier molecular flexibility index (Phi) is 4.97. The molecular weight excluding hydrogens is 214 g/mol. The molecule has 0 radical (unpaired) electrons. The minimum atomic E-state index is -0.749. The number of anilines is 1. The summed E-state index contributed by atoms with van der Waals surface area (Å²) < 4.78 is 0. The van der Waals surface area contributed by atoms with Crippen molar-refractivity contribution in [2.75, 3.05) is 11.9 Å². The van der Waals surface area contributed by atoms with Crippen molar-refractivity contribution in [1.82, 2.24) is 0 Å². The van der Waals surface area contributed by atoms with Gasteiger partial charge in [0, 0.05) is 12.3 Å². The molecule has 0 spiro atoms. The average molecular weight is 237 g/mol. The molecule has 0 aromatic heterocycles. The molecule has 0 bridgehead atoms. The minimum absolute atomic E-state index is 0.0180. The van der Waals surface area contributed by atoms with Crippen LogP contribution in [0.25, 0.3) is 0 Å². The maximum atomic E-state index is 9.86. The highest BCUT2D eigenvalue weighted by atomic mass is 16.3. The molecular formula is C14H23NO2. The monoisotopic (exact) mass is 237 g/mol. The maximum absolute atomic E-state index is 9.86. The fourth-order valence-corrected chi connectivity index (χ4v) is 1.53. The van der Waals surface area contributed by atoms with Crippen molar-refractivity contribution in [2.45, 2.75) is 45.3 Å². The summed E-state index contributed by atoms with van der Waals surface area (Å²) in [6, 6.07) is 8.08. The first-order valence-electron chi connectivity index (χ1n) is 6.12. The predicted molar refractivity (Wildman–Crippen MR) is 71.2 cm³/mol. The number of rotatable bonds is 6. The minimum Gasteiger partial charge on any atom is -0.396 e. The first kappa shape index (κ1) is 14.0. The van der Waals surface area contributed by atoms with Gasteiger partial charge in [-0.1, -0.05) is 12.1 Å². The number of benzene rings is 1. The van der Waals surface area contributed by atoms with Gasteiger partial charge in [-0.05, 0) is 51.3 Å². The van der Waals surface area contributed by atoms with Gasteiger partial charge in [-0.3, -0.25) is 0 Å². The van der Waals surface area contributed by atoms with Crippen LogP contribution in [0.3, 0.4) is 0 Å². The molecule has 3 N–H and O–H groups in total. The summed E-state index contributed by atoms with van der Waals surface area (Å²) >= 11 is 0. The van der Waals surface area contributed by atoms with Gasteiger partial charge in [0.05, 0.1) is 11.6 Å². The quantitative estimate of drug-likeness (QED) is 0.711. The van der Waals surface area contributed by atoms with Crippen LogP contribution in [0.15, 0.2) is 24.3 Å². The lowest BCUT2D eigenvalue weighted by Gasteiger charge is -2.27. The summed E-state index contributed by atoms with van der Waals surface area (Å²) in [4.78, 5) is 0. The number of aryl methyl sites for hydroxylation is 1. The highest BCUT2D eigenvalue weighted by Gasteiger charge is 2.21. The summed E-state index contributed by atoms with van der Waals surface area (Å²) in [7, 11) is 0. The molecule has 96 valence electrons. The predicted octanol–water partition coefficient (Wildman–Crippen LogP) is 2.18. The number of hydrogen-bond acceptors (Lipinski definition) is 3. The van der Waals surface area contributed by atoms with E-state index in [2.05, 4.69) is 17.4 Å². The van der Waals surface area contributed by atoms with E-state index in [0.717, 1.165) is 18.5 Å². The fraction of sp³-hybridized carbons (Fsp3) is 0.571. The molecule has 0 heterocycles. The molecule has 0 fully saturated rings. The normalized spacial score (nSPS) is 13.5. The molecule has 0 aliphatic carbocycles.